The van der Waals surface area contributed by atoms with Gasteiger partial charge in [-0.15, -0.1) is 0 Å². The van der Waals surface area contributed by atoms with Crippen LogP contribution in [0.15, 0.2) is 78.6 Å². The first-order valence-corrected chi connectivity index (χ1v) is 12.9. The van der Waals surface area contributed by atoms with E-state index in [9.17, 15) is 39.5 Å². The molecule has 218 valence electrons. The van der Waals surface area contributed by atoms with E-state index in [0.29, 0.717) is 29.8 Å². The average Bonchev–Trinajstić information content (AvgIpc) is 2.94. The topological polar surface area (TPSA) is 0 Å². The maximum Gasteiger partial charge on any atom is 0.194 e. The number of halogens is 9. The normalized spacial score (nSPS) is 12.2. The SMILES string of the molecule is C/C=C/CC/C(F)=C(\F)c1cc(F)c(CCc2ccc(-c3ccc(-c4cc(F)c(F)c(F)c4)c(F)c3)c(F)c2)c(F)c1. The Morgan fingerprint density at radius 1 is 0.619 bits per heavy atom. The number of benzene rings is 4. The van der Waals surface area contributed by atoms with Gasteiger partial charge in [0.15, 0.2) is 23.3 Å². The quantitative estimate of drug-likeness (QED) is 0.103. The monoisotopic (exact) mass is 590 g/mol. The van der Waals surface area contributed by atoms with Gasteiger partial charge in [-0.05, 0) is 79.3 Å². The van der Waals surface area contributed by atoms with Gasteiger partial charge in [0.25, 0.3) is 0 Å². The van der Waals surface area contributed by atoms with Crippen LogP contribution < -0.4 is 0 Å². The summed E-state index contributed by atoms with van der Waals surface area (Å²) in [6, 6.07) is 10.1. The molecule has 0 atom stereocenters. The van der Waals surface area contributed by atoms with Gasteiger partial charge in [0.05, 0.1) is 0 Å². The fourth-order valence-electron chi connectivity index (χ4n) is 4.46. The lowest BCUT2D eigenvalue weighted by Gasteiger charge is -2.11. The van der Waals surface area contributed by atoms with Crippen LogP contribution in [0, 0.1) is 40.7 Å². The zero-order valence-corrected chi connectivity index (χ0v) is 22.2. The van der Waals surface area contributed by atoms with Crippen LogP contribution in [-0.4, -0.2) is 0 Å². The molecule has 0 radical (unpaired) electrons. The molecule has 0 spiro atoms. The molecule has 0 aliphatic carbocycles. The van der Waals surface area contributed by atoms with Gasteiger partial charge in [-0.1, -0.05) is 36.4 Å². The van der Waals surface area contributed by atoms with E-state index in [1.807, 2.05) is 0 Å². The Morgan fingerprint density at radius 2 is 1.19 bits per heavy atom. The number of allylic oxidation sites excluding steroid dienone is 3. The first-order chi connectivity index (χ1) is 20.0. The Labute approximate surface area is 236 Å². The molecular weight excluding hydrogens is 567 g/mol. The average molecular weight is 591 g/mol. The third-order valence-electron chi connectivity index (χ3n) is 6.67. The van der Waals surface area contributed by atoms with E-state index in [4.69, 9.17) is 0 Å². The number of hydrogen-bond donors (Lipinski definition) is 0. The van der Waals surface area contributed by atoms with Crippen molar-refractivity contribution < 1.29 is 39.5 Å². The van der Waals surface area contributed by atoms with Gasteiger partial charge < -0.3 is 0 Å². The van der Waals surface area contributed by atoms with Gasteiger partial charge in [0.1, 0.15) is 29.1 Å². The fourth-order valence-corrected chi connectivity index (χ4v) is 4.46. The highest BCUT2D eigenvalue weighted by Gasteiger charge is 2.18. The number of rotatable bonds is 9. The van der Waals surface area contributed by atoms with Crippen LogP contribution in [0.3, 0.4) is 0 Å². The lowest BCUT2D eigenvalue weighted by Crippen LogP contribution is -2.01. The zero-order valence-electron chi connectivity index (χ0n) is 22.2. The number of aryl methyl sites for hydroxylation is 1. The summed E-state index contributed by atoms with van der Waals surface area (Å²) in [4.78, 5) is 0. The summed E-state index contributed by atoms with van der Waals surface area (Å²) in [6.07, 6.45) is 3.06. The van der Waals surface area contributed by atoms with Gasteiger partial charge in [0, 0.05) is 28.7 Å². The summed E-state index contributed by atoms with van der Waals surface area (Å²) < 4.78 is 128. The Balaban J connectivity index is 1.50. The highest BCUT2D eigenvalue weighted by Crippen LogP contribution is 2.32. The maximum atomic E-state index is 15.0. The van der Waals surface area contributed by atoms with E-state index in [2.05, 4.69) is 0 Å². The maximum absolute atomic E-state index is 15.0. The number of hydrogen-bond acceptors (Lipinski definition) is 0. The molecule has 0 saturated carbocycles. The molecule has 42 heavy (non-hydrogen) atoms. The third-order valence-corrected chi connectivity index (χ3v) is 6.67. The predicted octanol–water partition coefficient (Wildman–Crippen LogP) is 10.7. The van der Waals surface area contributed by atoms with Gasteiger partial charge in [-0.25, -0.2) is 39.5 Å². The highest BCUT2D eigenvalue weighted by atomic mass is 19.2. The van der Waals surface area contributed by atoms with Gasteiger partial charge in [-0.2, -0.15) is 0 Å². The second-order valence-corrected chi connectivity index (χ2v) is 9.51. The van der Waals surface area contributed by atoms with Crippen LogP contribution in [0.2, 0.25) is 0 Å². The van der Waals surface area contributed by atoms with E-state index in [0.717, 1.165) is 12.1 Å². The van der Waals surface area contributed by atoms with E-state index < -0.39 is 57.9 Å². The Bertz CT molecular complexity index is 1640. The lowest BCUT2D eigenvalue weighted by atomic mass is 9.96. The van der Waals surface area contributed by atoms with Crippen LogP contribution in [0.4, 0.5) is 39.5 Å². The van der Waals surface area contributed by atoms with Crippen molar-refractivity contribution in [2.45, 2.75) is 32.6 Å². The molecule has 0 heterocycles. The van der Waals surface area contributed by atoms with Crippen molar-refractivity contribution >= 4 is 5.83 Å². The van der Waals surface area contributed by atoms with E-state index in [1.54, 1.807) is 19.1 Å². The molecule has 9 heteroatoms. The van der Waals surface area contributed by atoms with Crippen molar-refractivity contribution in [3.05, 3.63) is 136 Å². The van der Waals surface area contributed by atoms with Crippen LogP contribution in [0.25, 0.3) is 28.1 Å². The van der Waals surface area contributed by atoms with Crippen LogP contribution in [0.5, 0.6) is 0 Å². The third kappa shape index (κ3) is 6.78. The minimum absolute atomic E-state index is 0.00455. The van der Waals surface area contributed by atoms with Crippen molar-refractivity contribution in [1.82, 2.24) is 0 Å². The largest absolute Gasteiger partial charge is 0.209 e. The molecule has 0 aliphatic heterocycles. The molecule has 0 aliphatic rings. The standard InChI is InChI=1S/C33H23F9/c1-2-3-4-5-25(34)32(41)21-16-28(37)24(29(38)17-21)10-7-18-6-9-22(26(35)12-18)19-8-11-23(27(36)13-19)20-14-30(39)33(42)31(40)15-20/h2-3,6,8-9,11-17H,4-5,7,10H2,1H3/b3-2+,32-25+. The summed E-state index contributed by atoms with van der Waals surface area (Å²) in [7, 11) is 0. The van der Waals surface area contributed by atoms with Crippen molar-refractivity contribution in [1.29, 1.82) is 0 Å². The first-order valence-electron chi connectivity index (χ1n) is 12.9. The molecule has 4 rings (SSSR count). The van der Waals surface area contributed by atoms with E-state index >= 15 is 0 Å². The van der Waals surface area contributed by atoms with Gasteiger partial charge >= 0.3 is 0 Å². The smallest absolute Gasteiger partial charge is 0.194 e. The summed E-state index contributed by atoms with van der Waals surface area (Å²) in [5.41, 5.74) is -0.964. The van der Waals surface area contributed by atoms with Crippen molar-refractivity contribution in [2.75, 3.05) is 0 Å². The predicted molar refractivity (Wildman–Crippen MR) is 144 cm³/mol. The molecule has 0 bridgehead atoms. The summed E-state index contributed by atoms with van der Waals surface area (Å²) in [5.74, 6) is -11.0. The minimum Gasteiger partial charge on any atom is -0.209 e. The molecular formula is C33H23F9. The summed E-state index contributed by atoms with van der Waals surface area (Å²) in [6.45, 7) is 1.72. The van der Waals surface area contributed by atoms with Gasteiger partial charge in [0.2, 0.25) is 0 Å². The molecule has 4 aromatic rings. The second-order valence-electron chi connectivity index (χ2n) is 9.51. The molecule has 0 amide bonds. The molecule has 0 saturated heterocycles. The molecule has 4 aromatic carbocycles. The Kier molecular flexibility index (Phi) is 9.60. The van der Waals surface area contributed by atoms with E-state index in [1.165, 1.54) is 24.3 Å². The first kappa shape index (κ1) is 30.7. The molecule has 0 nitrogen and oxygen atoms in total. The van der Waals surface area contributed by atoms with Crippen molar-refractivity contribution in [3.8, 4) is 22.3 Å². The molecule has 0 fully saturated rings. The van der Waals surface area contributed by atoms with Crippen molar-refractivity contribution in [2.24, 2.45) is 0 Å². The Hall–Kier alpha value is -4.27. The van der Waals surface area contributed by atoms with Crippen LogP contribution in [-0.2, 0) is 12.8 Å². The van der Waals surface area contributed by atoms with Crippen LogP contribution in [0.1, 0.15) is 36.5 Å². The highest BCUT2D eigenvalue weighted by molar-refractivity contribution is 5.71. The second kappa shape index (κ2) is 13.1. The molecule has 0 unspecified atom stereocenters. The minimum atomic E-state index is -1.69. The van der Waals surface area contributed by atoms with Crippen molar-refractivity contribution in [3.63, 3.8) is 0 Å². The lowest BCUT2D eigenvalue weighted by molar-refractivity contribution is 0.447. The molecule has 0 N–H and O–H groups in total. The fraction of sp³-hybridized carbons (Fsp3) is 0.152. The Morgan fingerprint density at radius 3 is 1.79 bits per heavy atom. The summed E-state index contributed by atoms with van der Waals surface area (Å²) in [5, 5.41) is 0. The van der Waals surface area contributed by atoms with Crippen LogP contribution >= 0.6 is 0 Å². The van der Waals surface area contributed by atoms with Gasteiger partial charge in [-0.3, -0.25) is 0 Å². The van der Waals surface area contributed by atoms with E-state index in [-0.39, 0.29) is 53.5 Å². The summed E-state index contributed by atoms with van der Waals surface area (Å²) >= 11 is 0. The zero-order chi connectivity index (χ0) is 30.6. The molecule has 0 aromatic heterocycles.